The summed E-state index contributed by atoms with van der Waals surface area (Å²) in [5.74, 6) is 0.454. The molecule has 1 amide bonds. The van der Waals surface area contributed by atoms with E-state index >= 15 is 0 Å². The van der Waals surface area contributed by atoms with E-state index in [0.29, 0.717) is 22.9 Å². The summed E-state index contributed by atoms with van der Waals surface area (Å²) < 4.78 is 0. The Bertz CT molecular complexity index is 629. The van der Waals surface area contributed by atoms with Crippen molar-refractivity contribution in [2.24, 2.45) is 0 Å². The van der Waals surface area contributed by atoms with Gasteiger partial charge in [0.25, 0.3) is 5.91 Å². The lowest BCUT2D eigenvalue weighted by molar-refractivity contribution is 0.0783. The van der Waals surface area contributed by atoms with Crippen molar-refractivity contribution in [1.82, 2.24) is 14.9 Å². The molecule has 2 aromatic heterocycles. The van der Waals surface area contributed by atoms with Crippen LogP contribution < -0.4 is 5.32 Å². The van der Waals surface area contributed by atoms with E-state index < -0.39 is 0 Å². The number of thiazole rings is 1. The SMILES string of the molecule is CNc1cc(C(=O)N(C)Cc2csc(C)n2)c(Cl)cn1. The predicted octanol–water partition coefficient (Wildman–Crippen LogP) is 2.81. The molecule has 20 heavy (non-hydrogen) atoms. The molecule has 0 radical (unpaired) electrons. The third-order valence-corrected chi connectivity index (χ3v) is 3.88. The molecule has 0 atom stereocenters. The molecule has 0 unspecified atom stereocenters. The monoisotopic (exact) mass is 310 g/mol. The van der Waals surface area contributed by atoms with E-state index in [0.717, 1.165) is 10.7 Å². The first-order valence-electron chi connectivity index (χ1n) is 6.01. The van der Waals surface area contributed by atoms with Crippen LogP contribution in [0.15, 0.2) is 17.6 Å². The van der Waals surface area contributed by atoms with Gasteiger partial charge in [-0.2, -0.15) is 0 Å². The van der Waals surface area contributed by atoms with Crippen LogP contribution in [-0.4, -0.2) is 34.9 Å². The Kier molecular flexibility index (Phi) is 4.57. The topological polar surface area (TPSA) is 58.1 Å². The summed E-state index contributed by atoms with van der Waals surface area (Å²) in [6.45, 7) is 2.39. The normalized spacial score (nSPS) is 10.4. The fourth-order valence-electron chi connectivity index (χ4n) is 1.74. The van der Waals surface area contributed by atoms with Gasteiger partial charge in [0, 0.05) is 25.7 Å². The molecule has 2 rings (SSSR count). The maximum absolute atomic E-state index is 12.4. The molecule has 0 bridgehead atoms. The Morgan fingerprint density at radius 2 is 2.30 bits per heavy atom. The van der Waals surface area contributed by atoms with Crippen LogP contribution in [0.3, 0.4) is 0 Å². The number of rotatable bonds is 4. The largest absolute Gasteiger partial charge is 0.373 e. The van der Waals surface area contributed by atoms with E-state index in [1.54, 1.807) is 36.4 Å². The molecular weight excluding hydrogens is 296 g/mol. The van der Waals surface area contributed by atoms with Gasteiger partial charge in [-0.1, -0.05) is 11.6 Å². The Morgan fingerprint density at radius 3 is 2.90 bits per heavy atom. The van der Waals surface area contributed by atoms with Crippen LogP contribution in [-0.2, 0) is 6.54 Å². The highest BCUT2D eigenvalue weighted by molar-refractivity contribution is 7.09. The number of pyridine rings is 1. The summed E-state index contributed by atoms with van der Waals surface area (Å²) in [6, 6.07) is 1.65. The molecule has 0 aliphatic heterocycles. The quantitative estimate of drug-likeness (QED) is 0.943. The van der Waals surface area contributed by atoms with E-state index in [9.17, 15) is 4.79 Å². The minimum absolute atomic E-state index is 0.153. The van der Waals surface area contributed by atoms with Gasteiger partial charge in [0.2, 0.25) is 0 Å². The zero-order chi connectivity index (χ0) is 14.7. The standard InChI is InChI=1S/C13H15ClN4OS/c1-8-17-9(7-20-8)6-18(3)13(19)10-4-12(15-2)16-5-11(10)14/h4-5,7H,6H2,1-3H3,(H,15,16). The van der Waals surface area contributed by atoms with E-state index in [2.05, 4.69) is 15.3 Å². The second-order valence-electron chi connectivity index (χ2n) is 4.32. The molecule has 1 N–H and O–H groups in total. The van der Waals surface area contributed by atoms with Crippen molar-refractivity contribution < 1.29 is 4.79 Å². The molecule has 106 valence electrons. The number of aryl methyl sites for hydroxylation is 1. The van der Waals surface area contributed by atoms with Crippen molar-refractivity contribution in [3.8, 4) is 0 Å². The number of hydrogen-bond donors (Lipinski definition) is 1. The highest BCUT2D eigenvalue weighted by Crippen LogP contribution is 2.20. The first-order valence-corrected chi connectivity index (χ1v) is 7.26. The lowest BCUT2D eigenvalue weighted by atomic mass is 10.2. The molecule has 2 heterocycles. The van der Waals surface area contributed by atoms with Crippen LogP contribution in [0.25, 0.3) is 0 Å². The number of nitrogens with one attached hydrogen (secondary N) is 1. The maximum Gasteiger partial charge on any atom is 0.255 e. The van der Waals surface area contributed by atoms with Gasteiger partial charge in [-0.15, -0.1) is 11.3 Å². The molecule has 0 aliphatic carbocycles. The molecule has 0 saturated heterocycles. The number of hydrogen-bond acceptors (Lipinski definition) is 5. The molecule has 5 nitrogen and oxygen atoms in total. The molecule has 0 fully saturated rings. The number of aromatic nitrogens is 2. The predicted molar refractivity (Wildman–Crippen MR) is 81.4 cm³/mol. The van der Waals surface area contributed by atoms with E-state index in [-0.39, 0.29) is 5.91 Å². The number of amides is 1. The van der Waals surface area contributed by atoms with E-state index in [4.69, 9.17) is 11.6 Å². The summed E-state index contributed by atoms with van der Waals surface area (Å²) in [4.78, 5) is 22.4. The summed E-state index contributed by atoms with van der Waals surface area (Å²) >= 11 is 7.62. The van der Waals surface area contributed by atoms with Crippen LogP contribution in [0.2, 0.25) is 5.02 Å². The highest BCUT2D eigenvalue weighted by atomic mass is 35.5. The first-order chi connectivity index (χ1) is 9.51. The van der Waals surface area contributed by atoms with Gasteiger partial charge in [-0.3, -0.25) is 4.79 Å². The van der Waals surface area contributed by atoms with Crippen molar-refractivity contribution in [1.29, 1.82) is 0 Å². The Labute approximate surface area is 126 Å². The lowest BCUT2D eigenvalue weighted by Gasteiger charge is -2.17. The number of halogens is 1. The summed E-state index contributed by atoms with van der Waals surface area (Å²) in [5.41, 5.74) is 1.31. The summed E-state index contributed by atoms with van der Waals surface area (Å²) in [7, 11) is 3.47. The van der Waals surface area contributed by atoms with Gasteiger partial charge in [0.05, 0.1) is 27.8 Å². The van der Waals surface area contributed by atoms with Gasteiger partial charge >= 0.3 is 0 Å². The number of carbonyl (C=O) groups excluding carboxylic acids is 1. The highest BCUT2D eigenvalue weighted by Gasteiger charge is 2.17. The van der Waals surface area contributed by atoms with Crippen molar-refractivity contribution in [3.05, 3.63) is 38.9 Å². The molecular formula is C13H15ClN4OS. The van der Waals surface area contributed by atoms with Gasteiger partial charge in [-0.25, -0.2) is 9.97 Å². The first kappa shape index (κ1) is 14.7. The fourth-order valence-corrected chi connectivity index (χ4v) is 2.53. The average molecular weight is 311 g/mol. The second kappa shape index (κ2) is 6.19. The number of anilines is 1. The van der Waals surface area contributed by atoms with Crippen LogP contribution in [0.5, 0.6) is 0 Å². The molecule has 2 aromatic rings. The van der Waals surface area contributed by atoms with E-state index in [1.807, 2.05) is 12.3 Å². The van der Waals surface area contributed by atoms with Crippen LogP contribution in [0.4, 0.5) is 5.82 Å². The fraction of sp³-hybridized carbons (Fsp3) is 0.308. The summed E-state index contributed by atoms with van der Waals surface area (Å²) in [6.07, 6.45) is 1.47. The maximum atomic E-state index is 12.4. The third kappa shape index (κ3) is 3.26. The molecule has 0 aromatic carbocycles. The van der Waals surface area contributed by atoms with Gasteiger partial charge in [0.15, 0.2) is 0 Å². The lowest BCUT2D eigenvalue weighted by Crippen LogP contribution is -2.26. The molecule has 0 spiro atoms. The summed E-state index contributed by atoms with van der Waals surface area (Å²) in [5, 5.41) is 6.17. The van der Waals surface area contributed by atoms with Crippen molar-refractivity contribution in [3.63, 3.8) is 0 Å². The van der Waals surface area contributed by atoms with E-state index in [1.165, 1.54) is 6.20 Å². The smallest absolute Gasteiger partial charge is 0.255 e. The van der Waals surface area contributed by atoms with Gasteiger partial charge in [-0.05, 0) is 13.0 Å². The molecule has 0 saturated carbocycles. The Balaban J connectivity index is 2.17. The van der Waals surface area contributed by atoms with Crippen LogP contribution in [0.1, 0.15) is 21.1 Å². The van der Waals surface area contributed by atoms with Crippen LogP contribution >= 0.6 is 22.9 Å². The van der Waals surface area contributed by atoms with Gasteiger partial charge < -0.3 is 10.2 Å². The molecule has 7 heteroatoms. The zero-order valence-corrected chi connectivity index (χ0v) is 13.0. The van der Waals surface area contributed by atoms with Gasteiger partial charge in [0.1, 0.15) is 5.82 Å². The third-order valence-electron chi connectivity index (χ3n) is 2.75. The molecule has 0 aliphatic rings. The number of carbonyl (C=O) groups is 1. The average Bonchev–Trinajstić information content (AvgIpc) is 2.84. The second-order valence-corrected chi connectivity index (χ2v) is 5.79. The Morgan fingerprint density at radius 1 is 1.55 bits per heavy atom. The van der Waals surface area contributed by atoms with Crippen molar-refractivity contribution >= 4 is 34.7 Å². The number of nitrogens with zero attached hydrogens (tertiary/aromatic N) is 3. The van der Waals surface area contributed by atoms with Crippen molar-refractivity contribution in [2.75, 3.05) is 19.4 Å². The van der Waals surface area contributed by atoms with Crippen molar-refractivity contribution in [2.45, 2.75) is 13.5 Å². The minimum Gasteiger partial charge on any atom is -0.373 e. The minimum atomic E-state index is -0.153. The zero-order valence-electron chi connectivity index (χ0n) is 11.5. The van der Waals surface area contributed by atoms with Crippen LogP contribution in [0, 0.1) is 6.92 Å². The Hall–Kier alpha value is -1.66.